The van der Waals surface area contributed by atoms with Gasteiger partial charge in [-0.2, -0.15) is 0 Å². The molecule has 0 spiro atoms. The van der Waals surface area contributed by atoms with Crippen LogP contribution in [-0.2, 0) is 46.5 Å². The van der Waals surface area contributed by atoms with E-state index in [-0.39, 0.29) is 46.5 Å². The Hall–Kier alpha value is 0.726. The molecule has 0 nitrogen and oxygen atoms in total. The van der Waals surface area contributed by atoms with Crippen LogP contribution in [0.15, 0.2) is 46.6 Å². The van der Waals surface area contributed by atoms with Crippen LogP contribution < -0.4 is 0 Å². The summed E-state index contributed by atoms with van der Waals surface area (Å²) < 4.78 is 5.33. The molecule has 0 heterocycles. The van der Waals surface area contributed by atoms with Gasteiger partial charge in [-0.1, -0.05) is 0 Å². The average molecular weight is 449 g/mol. The van der Waals surface area contributed by atoms with E-state index in [1.165, 1.54) is 51.4 Å². The third kappa shape index (κ3) is 3.54. The Balaban J connectivity index is 1.24. The second-order valence-corrected chi connectivity index (χ2v) is 14.6. The minimum atomic E-state index is -0.183. The van der Waals surface area contributed by atoms with Gasteiger partial charge in [0.2, 0.25) is 0 Å². The molecule has 0 bridgehead atoms. The average Bonchev–Trinajstić information content (AvgIpc) is 3.16. The molecule has 0 saturated heterocycles. The van der Waals surface area contributed by atoms with E-state index in [9.17, 15) is 0 Å². The molecule has 0 aliphatic heterocycles. The first kappa shape index (κ1) is 16.2. The fraction of sp³-hybridized carbons (Fsp3) is 0.600. The topological polar surface area (TPSA) is 0 Å². The first-order chi connectivity index (χ1) is 10.9. The van der Waals surface area contributed by atoms with Crippen LogP contribution in [0.2, 0.25) is 15.5 Å². The van der Waals surface area contributed by atoms with Crippen molar-refractivity contribution in [3.8, 4) is 0 Å². The Morgan fingerprint density at radius 3 is 1.64 bits per heavy atom. The molecule has 4 aliphatic carbocycles. The van der Waals surface area contributed by atoms with Crippen LogP contribution in [0.5, 0.6) is 0 Å². The van der Waals surface area contributed by atoms with Gasteiger partial charge >= 0.3 is 160 Å². The Kier molecular flexibility index (Phi) is 5.70. The molecule has 4 rings (SSSR count). The molecule has 0 radical (unpaired) electrons. The van der Waals surface area contributed by atoms with Crippen LogP contribution in [-0.4, -0.2) is 0 Å². The summed E-state index contributed by atoms with van der Waals surface area (Å²) in [6.45, 7) is 0. The maximum absolute atomic E-state index is 2.60. The molecule has 22 heavy (non-hydrogen) atoms. The summed E-state index contributed by atoms with van der Waals surface area (Å²) >= 11 is -0.366. The van der Waals surface area contributed by atoms with Crippen LogP contribution in [0.4, 0.5) is 0 Å². The van der Waals surface area contributed by atoms with Gasteiger partial charge < -0.3 is 0 Å². The molecule has 4 aliphatic rings. The zero-order valence-electron chi connectivity index (χ0n) is 13.5. The SMILES string of the molecule is C1=C[CH]([Zr][CH2][CH2][Zr][CH]2C=CC3=C2CCCC3)C2=C1CCCC2. The van der Waals surface area contributed by atoms with Crippen molar-refractivity contribution in [3.63, 3.8) is 0 Å². The van der Waals surface area contributed by atoms with Crippen molar-refractivity contribution in [3.05, 3.63) is 46.6 Å². The van der Waals surface area contributed by atoms with Gasteiger partial charge in [0.15, 0.2) is 0 Å². The third-order valence-corrected chi connectivity index (χ3v) is 16.2. The van der Waals surface area contributed by atoms with Crippen LogP contribution >= 0.6 is 0 Å². The van der Waals surface area contributed by atoms with Crippen molar-refractivity contribution in [1.82, 2.24) is 0 Å². The van der Waals surface area contributed by atoms with E-state index in [0.29, 0.717) is 0 Å². The van der Waals surface area contributed by atoms with E-state index in [4.69, 9.17) is 0 Å². The van der Waals surface area contributed by atoms with E-state index < -0.39 is 0 Å². The van der Waals surface area contributed by atoms with Gasteiger partial charge in [-0.15, -0.1) is 0 Å². The molecule has 2 heteroatoms. The number of hydrogen-bond acceptors (Lipinski definition) is 0. The maximum atomic E-state index is 2.60. The molecule has 0 amide bonds. The molecular weight excluding hydrogens is 423 g/mol. The molecule has 0 saturated carbocycles. The first-order valence-electron chi connectivity index (χ1n) is 9.19. The van der Waals surface area contributed by atoms with E-state index in [2.05, 4.69) is 24.3 Å². The molecule has 0 N–H and O–H groups in total. The predicted octanol–water partition coefficient (Wildman–Crippen LogP) is 6.45. The molecule has 114 valence electrons. The zero-order chi connectivity index (χ0) is 14.8. The van der Waals surface area contributed by atoms with Gasteiger partial charge in [0.05, 0.1) is 0 Å². The van der Waals surface area contributed by atoms with Gasteiger partial charge in [0, 0.05) is 0 Å². The monoisotopic (exact) mass is 446 g/mol. The van der Waals surface area contributed by atoms with E-state index in [1.807, 2.05) is 11.1 Å². The molecule has 0 fully saturated rings. The van der Waals surface area contributed by atoms with E-state index in [0.717, 1.165) is 7.25 Å². The van der Waals surface area contributed by atoms with Gasteiger partial charge in [-0.25, -0.2) is 0 Å². The Bertz CT molecular complexity index is 500. The van der Waals surface area contributed by atoms with Crippen molar-refractivity contribution >= 4 is 0 Å². The normalized spacial score (nSPS) is 29.8. The Morgan fingerprint density at radius 1 is 0.682 bits per heavy atom. The van der Waals surface area contributed by atoms with Gasteiger partial charge in [0.25, 0.3) is 0 Å². The Labute approximate surface area is 158 Å². The number of allylic oxidation sites excluding steroid dienone is 8. The summed E-state index contributed by atoms with van der Waals surface area (Å²) in [5.41, 5.74) is 7.32. The second-order valence-electron chi connectivity index (χ2n) is 7.10. The number of rotatable bonds is 5. The fourth-order valence-electron chi connectivity index (χ4n) is 4.49. The molecular formula is C20H26Zr2. The van der Waals surface area contributed by atoms with E-state index >= 15 is 0 Å². The summed E-state index contributed by atoms with van der Waals surface area (Å²) in [4.78, 5) is 0. The quantitative estimate of drug-likeness (QED) is 0.424. The minimum absolute atomic E-state index is 0.183. The molecule has 2 unspecified atom stereocenters. The van der Waals surface area contributed by atoms with Crippen LogP contribution in [0.1, 0.15) is 51.4 Å². The van der Waals surface area contributed by atoms with Crippen molar-refractivity contribution in [2.24, 2.45) is 0 Å². The van der Waals surface area contributed by atoms with Crippen LogP contribution in [0.25, 0.3) is 0 Å². The first-order valence-corrected chi connectivity index (χ1v) is 15.5. The predicted molar refractivity (Wildman–Crippen MR) is 86.4 cm³/mol. The third-order valence-electron chi connectivity index (χ3n) is 5.69. The number of hydrogen-bond donors (Lipinski definition) is 0. The standard InChI is InChI=1S/2C9H11.C2H4.2Zr/c2*1-2-5-9-7-3-6-8(9)4-1;1-2;;/h2*3,6-7H,1-2,4-5H2;1-2H2;;. The molecule has 0 aromatic rings. The molecule has 0 aromatic heterocycles. The fourth-order valence-corrected chi connectivity index (χ4v) is 14.9. The van der Waals surface area contributed by atoms with Crippen LogP contribution in [0.3, 0.4) is 0 Å². The zero-order valence-corrected chi connectivity index (χ0v) is 18.5. The van der Waals surface area contributed by atoms with Gasteiger partial charge in [-0.05, 0) is 0 Å². The van der Waals surface area contributed by atoms with Crippen molar-refractivity contribution in [1.29, 1.82) is 0 Å². The summed E-state index contributed by atoms with van der Waals surface area (Å²) in [6, 6.07) is 0. The van der Waals surface area contributed by atoms with Crippen molar-refractivity contribution in [2.75, 3.05) is 0 Å². The summed E-state index contributed by atoms with van der Waals surface area (Å²) in [5, 5.41) is 0. The second kappa shape index (κ2) is 7.74. The molecule has 0 aromatic carbocycles. The van der Waals surface area contributed by atoms with Crippen molar-refractivity contribution in [2.45, 2.75) is 66.9 Å². The van der Waals surface area contributed by atoms with Crippen molar-refractivity contribution < 1.29 is 46.5 Å². The van der Waals surface area contributed by atoms with Crippen LogP contribution in [0, 0.1) is 0 Å². The summed E-state index contributed by atoms with van der Waals surface area (Å²) in [7, 11) is 0. The summed E-state index contributed by atoms with van der Waals surface area (Å²) in [6.07, 6.45) is 21.7. The van der Waals surface area contributed by atoms with E-state index in [1.54, 1.807) is 19.4 Å². The molecule has 2 atom stereocenters. The van der Waals surface area contributed by atoms with Gasteiger partial charge in [-0.3, -0.25) is 0 Å². The Morgan fingerprint density at radius 2 is 1.14 bits per heavy atom. The summed E-state index contributed by atoms with van der Waals surface area (Å²) in [5.74, 6) is 0. The van der Waals surface area contributed by atoms with Gasteiger partial charge in [0.1, 0.15) is 0 Å².